The Labute approximate surface area is 122 Å². The summed E-state index contributed by atoms with van der Waals surface area (Å²) in [6.07, 6.45) is 2.78. The van der Waals surface area contributed by atoms with Crippen molar-refractivity contribution in [2.24, 2.45) is 11.1 Å². The van der Waals surface area contributed by atoms with Gasteiger partial charge in [0.05, 0.1) is 5.92 Å². The Morgan fingerprint density at radius 2 is 2.00 bits per heavy atom. The fourth-order valence-electron chi connectivity index (χ4n) is 2.30. The summed E-state index contributed by atoms with van der Waals surface area (Å²) in [7, 11) is 0. The van der Waals surface area contributed by atoms with Gasteiger partial charge in [0.25, 0.3) is 0 Å². The Morgan fingerprint density at radius 1 is 1.30 bits per heavy atom. The van der Waals surface area contributed by atoms with E-state index in [1.165, 1.54) is 0 Å². The average Bonchev–Trinajstić information content (AvgIpc) is 2.84. The number of hydrogen-bond acceptors (Lipinski definition) is 5. The Kier molecular flexibility index (Phi) is 6.62. The molecule has 0 radical (unpaired) electrons. The minimum absolute atomic E-state index is 0.0736. The van der Waals surface area contributed by atoms with Gasteiger partial charge in [0, 0.05) is 13.2 Å². The SMILES string of the molecule is CCCC(OCC)c1noc(C(CN)CC(C)(C)C)n1. The molecule has 2 N–H and O–H groups in total. The van der Waals surface area contributed by atoms with E-state index >= 15 is 0 Å². The van der Waals surface area contributed by atoms with E-state index in [1.54, 1.807) is 0 Å². The summed E-state index contributed by atoms with van der Waals surface area (Å²) in [4.78, 5) is 4.52. The monoisotopic (exact) mass is 283 g/mol. The first kappa shape index (κ1) is 17.1. The predicted molar refractivity (Wildman–Crippen MR) is 79.4 cm³/mol. The highest BCUT2D eigenvalue weighted by Gasteiger charge is 2.26. The summed E-state index contributed by atoms with van der Waals surface area (Å²) >= 11 is 0. The molecule has 20 heavy (non-hydrogen) atoms. The fraction of sp³-hybridized carbons (Fsp3) is 0.867. The molecule has 0 fully saturated rings. The molecule has 0 saturated carbocycles. The standard InChI is InChI=1S/C15H29N3O2/c1-6-8-12(19-7-2)13-17-14(20-18-13)11(10-16)9-15(3,4)5/h11-12H,6-10,16H2,1-5H3. The van der Waals surface area contributed by atoms with Gasteiger partial charge in [-0.1, -0.05) is 39.3 Å². The molecule has 0 aliphatic carbocycles. The molecular formula is C15H29N3O2. The highest BCUT2D eigenvalue weighted by atomic mass is 16.5. The summed E-state index contributed by atoms with van der Waals surface area (Å²) in [6.45, 7) is 11.8. The Hall–Kier alpha value is -0.940. The van der Waals surface area contributed by atoms with Gasteiger partial charge in [-0.15, -0.1) is 0 Å². The van der Waals surface area contributed by atoms with E-state index in [9.17, 15) is 0 Å². The predicted octanol–water partition coefficient (Wildman–Crippen LogP) is 3.43. The summed E-state index contributed by atoms with van der Waals surface area (Å²) in [6, 6.07) is 0. The van der Waals surface area contributed by atoms with Gasteiger partial charge in [0.1, 0.15) is 6.10 Å². The fourth-order valence-corrected chi connectivity index (χ4v) is 2.30. The van der Waals surface area contributed by atoms with Crippen molar-refractivity contribution in [3.05, 3.63) is 11.7 Å². The third kappa shape index (κ3) is 5.21. The quantitative estimate of drug-likeness (QED) is 0.791. The van der Waals surface area contributed by atoms with Gasteiger partial charge in [0.2, 0.25) is 11.7 Å². The van der Waals surface area contributed by atoms with Crippen LogP contribution < -0.4 is 5.73 Å². The van der Waals surface area contributed by atoms with Crippen molar-refractivity contribution in [1.82, 2.24) is 10.1 Å². The molecule has 1 aromatic rings. The average molecular weight is 283 g/mol. The normalized spacial score (nSPS) is 15.3. The number of rotatable bonds is 8. The second-order valence-electron chi connectivity index (χ2n) is 6.42. The van der Waals surface area contributed by atoms with Gasteiger partial charge in [-0.2, -0.15) is 4.98 Å². The third-order valence-electron chi connectivity index (χ3n) is 3.16. The molecule has 116 valence electrons. The summed E-state index contributed by atoms with van der Waals surface area (Å²) in [5.74, 6) is 1.40. The van der Waals surface area contributed by atoms with E-state index in [2.05, 4.69) is 37.8 Å². The van der Waals surface area contributed by atoms with Crippen LogP contribution in [0.25, 0.3) is 0 Å². The summed E-state index contributed by atoms with van der Waals surface area (Å²) in [5.41, 5.74) is 6.04. The van der Waals surface area contributed by atoms with Crippen molar-refractivity contribution in [3.63, 3.8) is 0 Å². The van der Waals surface area contributed by atoms with Crippen LogP contribution in [0, 0.1) is 5.41 Å². The van der Waals surface area contributed by atoms with Crippen LogP contribution in [0.3, 0.4) is 0 Å². The highest BCUT2D eigenvalue weighted by molar-refractivity contribution is 4.98. The molecular weight excluding hydrogens is 254 g/mol. The van der Waals surface area contributed by atoms with Crippen molar-refractivity contribution in [2.75, 3.05) is 13.2 Å². The third-order valence-corrected chi connectivity index (χ3v) is 3.16. The van der Waals surface area contributed by atoms with Crippen LogP contribution in [0.15, 0.2) is 4.52 Å². The van der Waals surface area contributed by atoms with Crippen LogP contribution in [0.1, 0.15) is 77.6 Å². The molecule has 5 nitrogen and oxygen atoms in total. The molecule has 2 atom stereocenters. The van der Waals surface area contributed by atoms with Gasteiger partial charge in [0.15, 0.2) is 0 Å². The van der Waals surface area contributed by atoms with E-state index in [4.69, 9.17) is 15.0 Å². The first-order chi connectivity index (χ1) is 9.41. The van der Waals surface area contributed by atoms with Crippen LogP contribution in [0.2, 0.25) is 0 Å². The van der Waals surface area contributed by atoms with Gasteiger partial charge in [-0.05, 0) is 25.2 Å². The van der Waals surface area contributed by atoms with Crippen molar-refractivity contribution in [1.29, 1.82) is 0 Å². The van der Waals surface area contributed by atoms with Crippen molar-refractivity contribution >= 4 is 0 Å². The van der Waals surface area contributed by atoms with Gasteiger partial charge in [-0.25, -0.2) is 0 Å². The van der Waals surface area contributed by atoms with E-state index in [-0.39, 0.29) is 17.4 Å². The van der Waals surface area contributed by atoms with Crippen LogP contribution in [0.4, 0.5) is 0 Å². The zero-order valence-corrected chi connectivity index (χ0v) is 13.5. The molecule has 1 rings (SSSR count). The first-order valence-corrected chi connectivity index (χ1v) is 7.56. The second kappa shape index (κ2) is 7.74. The zero-order valence-electron chi connectivity index (χ0n) is 13.5. The Bertz CT molecular complexity index is 379. The number of nitrogens with two attached hydrogens (primary N) is 1. The maximum atomic E-state index is 5.86. The second-order valence-corrected chi connectivity index (χ2v) is 6.42. The lowest BCUT2D eigenvalue weighted by molar-refractivity contribution is 0.0477. The lowest BCUT2D eigenvalue weighted by atomic mass is 9.84. The van der Waals surface area contributed by atoms with Gasteiger partial charge < -0.3 is 15.0 Å². The minimum Gasteiger partial charge on any atom is -0.370 e. The van der Waals surface area contributed by atoms with Crippen LogP contribution in [-0.4, -0.2) is 23.3 Å². The smallest absolute Gasteiger partial charge is 0.231 e. The molecule has 0 spiro atoms. The number of nitrogens with zero attached hydrogens (tertiary/aromatic N) is 2. The maximum Gasteiger partial charge on any atom is 0.231 e. The van der Waals surface area contributed by atoms with Crippen LogP contribution in [0.5, 0.6) is 0 Å². The number of hydrogen-bond donors (Lipinski definition) is 1. The van der Waals surface area contributed by atoms with Crippen LogP contribution in [-0.2, 0) is 4.74 Å². The number of aromatic nitrogens is 2. The van der Waals surface area contributed by atoms with Crippen molar-refractivity contribution in [2.45, 2.75) is 65.9 Å². The molecule has 0 aliphatic heterocycles. The Balaban J connectivity index is 2.82. The lowest BCUT2D eigenvalue weighted by Gasteiger charge is -2.22. The molecule has 0 aromatic carbocycles. The van der Waals surface area contributed by atoms with E-state index in [1.807, 2.05) is 6.92 Å². The molecule has 0 amide bonds. The topological polar surface area (TPSA) is 74.2 Å². The van der Waals surface area contributed by atoms with E-state index < -0.39 is 0 Å². The molecule has 0 bridgehead atoms. The molecule has 1 heterocycles. The summed E-state index contributed by atoms with van der Waals surface area (Å²) in [5, 5.41) is 4.09. The first-order valence-electron chi connectivity index (χ1n) is 7.56. The maximum absolute atomic E-state index is 5.86. The molecule has 0 aliphatic rings. The van der Waals surface area contributed by atoms with Crippen molar-refractivity contribution < 1.29 is 9.26 Å². The molecule has 0 saturated heterocycles. The molecule has 2 unspecified atom stereocenters. The highest BCUT2D eigenvalue weighted by Crippen LogP contribution is 2.30. The molecule has 5 heteroatoms. The minimum atomic E-state index is -0.0736. The van der Waals surface area contributed by atoms with E-state index in [0.29, 0.717) is 24.9 Å². The zero-order chi connectivity index (χ0) is 15.2. The van der Waals surface area contributed by atoms with Gasteiger partial charge >= 0.3 is 0 Å². The van der Waals surface area contributed by atoms with Crippen LogP contribution >= 0.6 is 0 Å². The summed E-state index contributed by atoms with van der Waals surface area (Å²) < 4.78 is 11.1. The van der Waals surface area contributed by atoms with Crippen molar-refractivity contribution in [3.8, 4) is 0 Å². The lowest BCUT2D eigenvalue weighted by Crippen LogP contribution is -2.19. The largest absolute Gasteiger partial charge is 0.370 e. The molecule has 1 aromatic heterocycles. The van der Waals surface area contributed by atoms with Gasteiger partial charge in [-0.3, -0.25) is 0 Å². The Morgan fingerprint density at radius 3 is 2.50 bits per heavy atom. The van der Waals surface area contributed by atoms with E-state index in [0.717, 1.165) is 19.3 Å². The number of ether oxygens (including phenoxy) is 1.